The van der Waals surface area contributed by atoms with Crippen LogP contribution in [0.15, 0.2) is 54.7 Å². The van der Waals surface area contributed by atoms with E-state index in [1.54, 1.807) is 0 Å². The van der Waals surface area contributed by atoms with E-state index in [4.69, 9.17) is 4.74 Å². The number of benzene rings is 2. The molecule has 0 aliphatic rings. The van der Waals surface area contributed by atoms with Gasteiger partial charge in [-0.1, -0.05) is 48.0 Å². The predicted molar refractivity (Wildman–Crippen MR) is 108 cm³/mol. The van der Waals surface area contributed by atoms with Gasteiger partial charge in [0.2, 0.25) is 11.8 Å². The molecule has 0 atom stereocenters. The fraction of sp³-hybridized carbons (Fsp3) is 0.182. The highest BCUT2D eigenvalue weighted by Crippen LogP contribution is 2.33. The Hall–Kier alpha value is -3.34. The van der Waals surface area contributed by atoms with Crippen LogP contribution in [0, 0.1) is 20.8 Å². The molecular weight excluding hydrogens is 336 g/mol. The van der Waals surface area contributed by atoms with E-state index >= 15 is 0 Å². The van der Waals surface area contributed by atoms with Crippen LogP contribution in [0.3, 0.4) is 0 Å². The van der Waals surface area contributed by atoms with Gasteiger partial charge in [0.25, 0.3) is 0 Å². The molecule has 2 N–H and O–H groups in total. The van der Waals surface area contributed by atoms with Gasteiger partial charge in [-0.3, -0.25) is 0 Å². The van der Waals surface area contributed by atoms with Crippen molar-refractivity contribution in [3.63, 3.8) is 0 Å². The van der Waals surface area contributed by atoms with E-state index in [2.05, 4.69) is 65.3 Å². The van der Waals surface area contributed by atoms with Crippen LogP contribution in [0.4, 0.5) is 5.95 Å². The number of H-pyrrole nitrogens is 1. The van der Waals surface area contributed by atoms with Crippen LogP contribution in [-0.2, 0) is 6.54 Å². The number of rotatable bonds is 5. The summed E-state index contributed by atoms with van der Waals surface area (Å²) < 4.78 is 6.25. The van der Waals surface area contributed by atoms with Gasteiger partial charge in [-0.2, -0.15) is 9.97 Å². The molecule has 4 aromatic rings. The van der Waals surface area contributed by atoms with Gasteiger partial charge in [0.1, 0.15) is 11.4 Å². The standard InChI is InChI=1S/C22H22N4O/c1-14-11-15(2)19(16(3)12-14)27-21-18-9-10-23-20(18)25-22(26-21)24-13-17-7-5-4-6-8-17/h4-12H,13H2,1-3H3,(H2,23,24,25,26). The maximum Gasteiger partial charge on any atom is 0.233 e. The Kier molecular flexibility index (Phi) is 4.50. The maximum absolute atomic E-state index is 6.25. The molecule has 0 aliphatic heterocycles. The second kappa shape index (κ2) is 7.11. The summed E-state index contributed by atoms with van der Waals surface area (Å²) in [6.45, 7) is 6.85. The van der Waals surface area contributed by atoms with E-state index in [1.165, 1.54) is 11.1 Å². The fourth-order valence-electron chi connectivity index (χ4n) is 3.27. The van der Waals surface area contributed by atoms with Crippen molar-refractivity contribution >= 4 is 17.0 Å². The van der Waals surface area contributed by atoms with Crippen LogP contribution >= 0.6 is 0 Å². The first kappa shape index (κ1) is 17.1. The zero-order valence-corrected chi connectivity index (χ0v) is 15.7. The first-order chi connectivity index (χ1) is 13.1. The average Bonchev–Trinajstić information content (AvgIpc) is 3.12. The summed E-state index contributed by atoms with van der Waals surface area (Å²) in [5.74, 6) is 1.92. The SMILES string of the molecule is Cc1cc(C)c(Oc2nc(NCc3ccccc3)nc3[nH]ccc23)c(C)c1. The molecule has 2 aromatic heterocycles. The number of ether oxygens (including phenoxy) is 1. The van der Waals surface area contributed by atoms with Gasteiger partial charge in [0.05, 0.1) is 5.39 Å². The molecule has 2 heterocycles. The van der Waals surface area contributed by atoms with Crippen molar-refractivity contribution < 1.29 is 4.74 Å². The molecule has 0 bridgehead atoms. The molecule has 5 nitrogen and oxygen atoms in total. The minimum Gasteiger partial charge on any atom is -0.438 e. The molecule has 0 saturated heterocycles. The number of hydrogen-bond donors (Lipinski definition) is 2. The molecule has 0 fully saturated rings. The minimum atomic E-state index is 0.534. The van der Waals surface area contributed by atoms with Crippen LogP contribution in [0.1, 0.15) is 22.3 Å². The Morgan fingerprint density at radius 3 is 2.44 bits per heavy atom. The molecule has 5 heteroatoms. The monoisotopic (exact) mass is 358 g/mol. The summed E-state index contributed by atoms with van der Waals surface area (Å²) in [6, 6.07) is 16.3. The minimum absolute atomic E-state index is 0.534. The summed E-state index contributed by atoms with van der Waals surface area (Å²) in [5, 5.41) is 4.15. The molecule has 136 valence electrons. The fourth-order valence-corrected chi connectivity index (χ4v) is 3.27. The number of aryl methyl sites for hydroxylation is 3. The normalized spacial score (nSPS) is 10.9. The molecule has 0 saturated carbocycles. The largest absolute Gasteiger partial charge is 0.438 e. The summed E-state index contributed by atoms with van der Waals surface area (Å²) in [7, 11) is 0. The van der Waals surface area contributed by atoms with Crippen LogP contribution < -0.4 is 10.1 Å². The van der Waals surface area contributed by atoms with E-state index in [0.717, 1.165) is 27.9 Å². The summed E-state index contributed by atoms with van der Waals surface area (Å²) >= 11 is 0. The van der Waals surface area contributed by atoms with E-state index in [1.807, 2.05) is 30.5 Å². The lowest BCUT2D eigenvalue weighted by Gasteiger charge is -2.14. The smallest absolute Gasteiger partial charge is 0.233 e. The second-order valence-corrected chi connectivity index (χ2v) is 6.76. The van der Waals surface area contributed by atoms with Crippen molar-refractivity contribution in [3.8, 4) is 11.6 Å². The molecule has 2 aromatic carbocycles. The van der Waals surface area contributed by atoms with Crippen molar-refractivity contribution in [2.45, 2.75) is 27.3 Å². The van der Waals surface area contributed by atoms with E-state index in [0.29, 0.717) is 18.4 Å². The van der Waals surface area contributed by atoms with Crippen LogP contribution in [-0.4, -0.2) is 15.0 Å². The summed E-state index contributed by atoms with van der Waals surface area (Å²) in [4.78, 5) is 12.3. The number of aromatic nitrogens is 3. The highest BCUT2D eigenvalue weighted by Gasteiger charge is 2.14. The lowest BCUT2D eigenvalue weighted by molar-refractivity contribution is 0.461. The Morgan fingerprint density at radius 1 is 0.963 bits per heavy atom. The number of aromatic amines is 1. The Labute approximate surface area is 158 Å². The lowest BCUT2D eigenvalue weighted by atomic mass is 10.1. The number of nitrogens with one attached hydrogen (secondary N) is 2. The van der Waals surface area contributed by atoms with E-state index < -0.39 is 0 Å². The zero-order chi connectivity index (χ0) is 18.8. The molecule has 0 unspecified atom stereocenters. The van der Waals surface area contributed by atoms with Gasteiger partial charge >= 0.3 is 0 Å². The highest BCUT2D eigenvalue weighted by atomic mass is 16.5. The van der Waals surface area contributed by atoms with Gasteiger partial charge in [0.15, 0.2) is 0 Å². The van der Waals surface area contributed by atoms with Crippen molar-refractivity contribution in [1.29, 1.82) is 0 Å². The topological polar surface area (TPSA) is 62.8 Å². The van der Waals surface area contributed by atoms with Crippen molar-refractivity contribution in [2.75, 3.05) is 5.32 Å². The summed E-state index contributed by atoms with van der Waals surface area (Å²) in [5.41, 5.74) is 5.32. The van der Waals surface area contributed by atoms with Gasteiger partial charge in [-0.25, -0.2) is 0 Å². The third kappa shape index (κ3) is 3.62. The van der Waals surface area contributed by atoms with E-state index in [9.17, 15) is 0 Å². The zero-order valence-electron chi connectivity index (χ0n) is 15.7. The van der Waals surface area contributed by atoms with Crippen molar-refractivity contribution in [1.82, 2.24) is 15.0 Å². The molecule has 27 heavy (non-hydrogen) atoms. The number of hydrogen-bond acceptors (Lipinski definition) is 4. The number of anilines is 1. The van der Waals surface area contributed by atoms with Crippen LogP contribution in [0.25, 0.3) is 11.0 Å². The second-order valence-electron chi connectivity index (χ2n) is 6.76. The van der Waals surface area contributed by atoms with Gasteiger partial charge in [0, 0.05) is 12.7 Å². The van der Waals surface area contributed by atoms with Crippen molar-refractivity contribution in [2.24, 2.45) is 0 Å². The molecule has 0 amide bonds. The van der Waals surface area contributed by atoms with Crippen LogP contribution in [0.2, 0.25) is 0 Å². The third-order valence-electron chi connectivity index (χ3n) is 4.48. The van der Waals surface area contributed by atoms with Gasteiger partial charge in [-0.05, 0) is 43.5 Å². The lowest BCUT2D eigenvalue weighted by Crippen LogP contribution is -2.05. The first-order valence-corrected chi connectivity index (χ1v) is 8.99. The van der Waals surface area contributed by atoms with Gasteiger partial charge < -0.3 is 15.0 Å². The quantitative estimate of drug-likeness (QED) is 0.509. The highest BCUT2D eigenvalue weighted by molar-refractivity contribution is 5.82. The molecule has 0 radical (unpaired) electrons. The number of fused-ring (bicyclic) bond motifs is 1. The van der Waals surface area contributed by atoms with Crippen molar-refractivity contribution in [3.05, 3.63) is 77.0 Å². The summed E-state index contributed by atoms with van der Waals surface area (Å²) in [6.07, 6.45) is 1.85. The van der Waals surface area contributed by atoms with E-state index in [-0.39, 0.29) is 0 Å². The average molecular weight is 358 g/mol. The van der Waals surface area contributed by atoms with Gasteiger partial charge in [-0.15, -0.1) is 0 Å². The third-order valence-corrected chi connectivity index (χ3v) is 4.48. The first-order valence-electron chi connectivity index (χ1n) is 8.99. The Morgan fingerprint density at radius 2 is 1.70 bits per heavy atom. The molecular formula is C22H22N4O. The molecule has 4 rings (SSSR count). The predicted octanol–water partition coefficient (Wildman–Crippen LogP) is 5.29. The Balaban J connectivity index is 1.67. The van der Waals surface area contributed by atoms with Crippen LogP contribution in [0.5, 0.6) is 11.6 Å². The molecule has 0 aliphatic carbocycles. The number of nitrogens with zero attached hydrogens (tertiary/aromatic N) is 2. The molecule has 0 spiro atoms. The Bertz CT molecular complexity index is 1060. The maximum atomic E-state index is 6.25.